The summed E-state index contributed by atoms with van der Waals surface area (Å²) in [7, 11) is 0. The monoisotopic (exact) mass is 599 g/mol. The van der Waals surface area contributed by atoms with Crippen LogP contribution in [0, 0.1) is 11.3 Å². The maximum absolute atomic E-state index is 12.3. The van der Waals surface area contributed by atoms with E-state index < -0.39 is 18.3 Å². The van der Waals surface area contributed by atoms with Gasteiger partial charge in [-0.3, -0.25) is 9.59 Å². The van der Waals surface area contributed by atoms with Gasteiger partial charge in [0.25, 0.3) is 5.91 Å². The third-order valence-electron chi connectivity index (χ3n) is 8.35. The Morgan fingerprint density at radius 2 is 1.67 bits per heavy atom. The molecule has 0 heterocycles. The zero-order valence-corrected chi connectivity index (χ0v) is 26.2. The lowest BCUT2D eigenvalue weighted by atomic mass is 9.82. The smallest absolute Gasteiger partial charge is 0.311 e. The summed E-state index contributed by atoms with van der Waals surface area (Å²) in [6.07, 6.45) is 6.64. The molecule has 0 bridgehead atoms. The van der Waals surface area contributed by atoms with Crippen LogP contribution in [0.5, 0.6) is 5.75 Å². The van der Waals surface area contributed by atoms with Gasteiger partial charge in [0.05, 0.1) is 18.3 Å². The van der Waals surface area contributed by atoms with Crippen LogP contribution in [0.25, 0.3) is 0 Å². The van der Waals surface area contributed by atoms with Crippen molar-refractivity contribution in [2.75, 3.05) is 11.1 Å². The standard InChI is InChI=1S/C34H49NO6S/c1-4-5-21-34(2,3)30(38)23-42-32-27(28(36)22-29(32)37)15-11-6-7-12-16-31(39)41-26-19-17-25(18-20-26)35-33(40)24-13-9-8-10-14-24/h8-10,13-14,17-20,27-30,32,36-38H,4-7,11-12,15-16,21-23H2,1-3H3,(H,35,40)/t27-,28?,29+,30?,32+/m0/s1. The number of nitrogens with one attached hydrogen (secondary N) is 1. The molecule has 8 heteroatoms. The van der Waals surface area contributed by atoms with Gasteiger partial charge in [0.1, 0.15) is 5.75 Å². The van der Waals surface area contributed by atoms with Crippen molar-refractivity contribution in [3.63, 3.8) is 0 Å². The van der Waals surface area contributed by atoms with Crippen molar-refractivity contribution in [3.8, 4) is 5.75 Å². The van der Waals surface area contributed by atoms with E-state index in [4.69, 9.17) is 4.74 Å². The zero-order chi connectivity index (χ0) is 30.5. The van der Waals surface area contributed by atoms with Gasteiger partial charge in [0.15, 0.2) is 0 Å². The van der Waals surface area contributed by atoms with Crippen LogP contribution in [0.3, 0.4) is 0 Å². The number of carbonyl (C=O) groups excluding carboxylic acids is 2. The summed E-state index contributed by atoms with van der Waals surface area (Å²) in [5.74, 6) is 0.529. The van der Waals surface area contributed by atoms with Crippen molar-refractivity contribution in [1.29, 1.82) is 0 Å². The summed E-state index contributed by atoms with van der Waals surface area (Å²) in [5, 5.41) is 34.7. The Morgan fingerprint density at radius 1 is 0.976 bits per heavy atom. The molecular weight excluding hydrogens is 550 g/mol. The van der Waals surface area contributed by atoms with E-state index in [1.54, 1.807) is 48.2 Å². The average Bonchev–Trinajstić information content (AvgIpc) is 3.25. The number of rotatable bonds is 17. The minimum atomic E-state index is -0.551. The molecule has 4 N–H and O–H groups in total. The van der Waals surface area contributed by atoms with Crippen LogP contribution >= 0.6 is 11.8 Å². The molecule has 0 radical (unpaired) electrons. The fraction of sp³-hybridized carbons (Fsp3) is 0.588. The van der Waals surface area contributed by atoms with Gasteiger partial charge in [-0.05, 0) is 67.0 Å². The van der Waals surface area contributed by atoms with Crippen LogP contribution in [0.1, 0.15) is 95.3 Å². The van der Waals surface area contributed by atoms with Crippen molar-refractivity contribution in [3.05, 3.63) is 60.2 Å². The number of esters is 1. The molecule has 2 aromatic carbocycles. The number of amides is 1. The van der Waals surface area contributed by atoms with E-state index in [1.807, 2.05) is 18.2 Å². The largest absolute Gasteiger partial charge is 0.427 e. The molecule has 1 amide bonds. The molecule has 1 aliphatic carbocycles. The normalized spacial score (nSPS) is 21.2. The molecule has 0 aliphatic heterocycles. The fourth-order valence-corrected chi connectivity index (χ4v) is 7.22. The number of carbonyl (C=O) groups is 2. The quantitative estimate of drug-likeness (QED) is 0.0919. The summed E-state index contributed by atoms with van der Waals surface area (Å²) in [5.41, 5.74) is 1.03. The van der Waals surface area contributed by atoms with Crippen LogP contribution in [0.15, 0.2) is 54.6 Å². The van der Waals surface area contributed by atoms with E-state index in [-0.39, 0.29) is 28.5 Å². The highest BCUT2D eigenvalue weighted by Crippen LogP contribution is 2.40. The predicted molar refractivity (Wildman–Crippen MR) is 170 cm³/mol. The second-order valence-electron chi connectivity index (χ2n) is 12.2. The minimum absolute atomic E-state index is 0.0152. The molecular formula is C34H49NO6S. The summed E-state index contributed by atoms with van der Waals surface area (Å²) in [6, 6.07) is 15.7. The summed E-state index contributed by atoms with van der Waals surface area (Å²) in [4.78, 5) is 24.6. The number of anilines is 1. The molecule has 0 saturated heterocycles. The molecule has 2 unspecified atom stereocenters. The molecule has 1 saturated carbocycles. The van der Waals surface area contributed by atoms with Gasteiger partial charge in [0.2, 0.25) is 0 Å². The zero-order valence-electron chi connectivity index (χ0n) is 25.3. The van der Waals surface area contributed by atoms with E-state index in [0.717, 1.165) is 51.4 Å². The first-order valence-electron chi connectivity index (χ1n) is 15.4. The second-order valence-corrected chi connectivity index (χ2v) is 13.4. The molecule has 1 aliphatic rings. The van der Waals surface area contributed by atoms with Crippen molar-refractivity contribution >= 4 is 29.3 Å². The highest BCUT2D eigenvalue weighted by atomic mass is 32.2. The van der Waals surface area contributed by atoms with Gasteiger partial charge >= 0.3 is 5.97 Å². The first-order chi connectivity index (χ1) is 20.1. The lowest BCUT2D eigenvalue weighted by molar-refractivity contribution is -0.134. The fourth-order valence-electron chi connectivity index (χ4n) is 5.46. The number of hydrogen-bond donors (Lipinski definition) is 4. The topological polar surface area (TPSA) is 116 Å². The summed E-state index contributed by atoms with van der Waals surface area (Å²) in [6.45, 7) is 6.36. The molecule has 2 aromatic rings. The van der Waals surface area contributed by atoms with Gasteiger partial charge in [0, 0.05) is 35.1 Å². The Kier molecular flexibility index (Phi) is 13.8. The van der Waals surface area contributed by atoms with Gasteiger partial charge in [-0.25, -0.2) is 0 Å². The minimum Gasteiger partial charge on any atom is -0.427 e. The number of unbranched alkanes of at least 4 members (excludes halogenated alkanes) is 4. The van der Waals surface area contributed by atoms with Gasteiger partial charge in [-0.2, -0.15) is 11.8 Å². The van der Waals surface area contributed by atoms with Gasteiger partial charge in [-0.15, -0.1) is 0 Å². The number of ether oxygens (including phenoxy) is 1. The predicted octanol–water partition coefficient (Wildman–Crippen LogP) is 6.61. The first kappa shape index (κ1) is 34.1. The third-order valence-corrected chi connectivity index (χ3v) is 9.91. The lowest BCUT2D eigenvalue weighted by Gasteiger charge is -2.32. The van der Waals surface area contributed by atoms with E-state index in [9.17, 15) is 24.9 Å². The van der Waals surface area contributed by atoms with E-state index >= 15 is 0 Å². The van der Waals surface area contributed by atoms with E-state index in [2.05, 4.69) is 26.1 Å². The number of aliphatic hydroxyl groups is 3. The van der Waals surface area contributed by atoms with Crippen LogP contribution in [-0.2, 0) is 4.79 Å². The maximum Gasteiger partial charge on any atom is 0.311 e. The van der Waals surface area contributed by atoms with E-state index in [1.165, 1.54) is 0 Å². The molecule has 1 fully saturated rings. The highest BCUT2D eigenvalue weighted by Gasteiger charge is 2.42. The number of aliphatic hydroxyl groups excluding tert-OH is 3. The molecule has 232 valence electrons. The van der Waals surface area contributed by atoms with Crippen molar-refractivity contribution < 1.29 is 29.6 Å². The molecule has 3 rings (SSSR count). The molecule has 42 heavy (non-hydrogen) atoms. The lowest BCUT2D eigenvalue weighted by Crippen LogP contribution is -2.34. The van der Waals surface area contributed by atoms with E-state index in [0.29, 0.717) is 35.6 Å². The Morgan fingerprint density at radius 3 is 2.36 bits per heavy atom. The van der Waals surface area contributed by atoms with Gasteiger partial charge < -0.3 is 25.4 Å². The van der Waals surface area contributed by atoms with Crippen LogP contribution in [-0.4, -0.2) is 56.5 Å². The SMILES string of the molecule is CCCCC(C)(C)C(O)CS[C@H]1[C@H](O)CC(O)[C@@H]1CCCCCCC(=O)Oc1ccc(NC(=O)c2ccccc2)cc1. The highest BCUT2D eigenvalue weighted by molar-refractivity contribution is 8.00. The Labute approximate surface area is 255 Å². The van der Waals surface area contributed by atoms with Crippen LogP contribution in [0.2, 0.25) is 0 Å². The number of hydrogen-bond acceptors (Lipinski definition) is 7. The molecule has 0 aromatic heterocycles. The average molecular weight is 600 g/mol. The van der Waals surface area contributed by atoms with Crippen LogP contribution in [0.4, 0.5) is 5.69 Å². The second kappa shape index (κ2) is 17.0. The Hall–Kier alpha value is -2.39. The molecule has 5 atom stereocenters. The van der Waals surface area contributed by atoms with Crippen molar-refractivity contribution in [2.45, 2.75) is 109 Å². The number of thioether (sulfide) groups is 1. The van der Waals surface area contributed by atoms with Crippen LogP contribution < -0.4 is 10.1 Å². The maximum atomic E-state index is 12.3. The van der Waals surface area contributed by atoms with Crippen molar-refractivity contribution in [1.82, 2.24) is 0 Å². The molecule has 0 spiro atoms. The Bertz CT molecular complexity index is 1090. The summed E-state index contributed by atoms with van der Waals surface area (Å²) < 4.78 is 5.44. The van der Waals surface area contributed by atoms with Crippen molar-refractivity contribution in [2.24, 2.45) is 11.3 Å². The number of benzene rings is 2. The third kappa shape index (κ3) is 10.7. The summed E-state index contributed by atoms with van der Waals surface area (Å²) >= 11 is 1.61. The van der Waals surface area contributed by atoms with Gasteiger partial charge in [-0.1, -0.05) is 71.1 Å². The molecule has 7 nitrogen and oxygen atoms in total. The first-order valence-corrected chi connectivity index (χ1v) is 16.5. The Balaban J connectivity index is 1.32.